The normalized spacial score (nSPS) is 17.0. The van der Waals surface area contributed by atoms with Crippen LogP contribution >= 0.6 is 24.0 Å². The van der Waals surface area contributed by atoms with Gasteiger partial charge in [-0.2, -0.15) is 0 Å². The van der Waals surface area contributed by atoms with Gasteiger partial charge in [0.05, 0.1) is 7.11 Å². The molecular formula is C23H41IN4O. The predicted molar refractivity (Wildman–Crippen MR) is 135 cm³/mol. The molecule has 0 bridgehead atoms. The van der Waals surface area contributed by atoms with Crippen LogP contribution in [0.3, 0.4) is 0 Å². The monoisotopic (exact) mass is 516 g/mol. The molecule has 5 nitrogen and oxygen atoms in total. The molecule has 0 spiro atoms. The van der Waals surface area contributed by atoms with Crippen LogP contribution in [0.4, 0.5) is 0 Å². The number of nitrogens with one attached hydrogen (secondary N) is 2. The molecule has 0 saturated carbocycles. The van der Waals surface area contributed by atoms with Crippen molar-refractivity contribution in [2.24, 2.45) is 10.9 Å². The maximum atomic E-state index is 5.24. The molecular weight excluding hydrogens is 475 g/mol. The topological polar surface area (TPSA) is 48.9 Å². The van der Waals surface area contributed by atoms with Crippen LogP contribution in [0.5, 0.6) is 5.75 Å². The Morgan fingerprint density at radius 3 is 2.38 bits per heavy atom. The summed E-state index contributed by atoms with van der Waals surface area (Å²) in [5.41, 5.74) is 1.34. The van der Waals surface area contributed by atoms with Gasteiger partial charge in [-0.1, -0.05) is 32.9 Å². The van der Waals surface area contributed by atoms with Crippen LogP contribution in [0.25, 0.3) is 0 Å². The van der Waals surface area contributed by atoms with Crippen molar-refractivity contribution < 1.29 is 4.74 Å². The molecule has 1 aliphatic rings. The summed E-state index contributed by atoms with van der Waals surface area (Å²) < 4.78 is 5.24. The van der Waals surface area contributed by atoms with Gasteiger partial charge in [0.25, 0.3) is 0 Å². The molecule has 1 aliphatic heterocycles. The number of guanidine groups is 1. The summed E-state index contributed by atoms with van der Waals surface area (Å²) in [5, 5.41) is 7.07. The number of rotatable bonds is 9. The highest BCUT2D eigenvalue weighted by atomic mass is 127. The number of hydrogen-bond donors (Lipinski definition) is 2. The lowest BCUT2D eigenvalue weighted by Gasteiger charge is -2.34. The van der Waals surface area contributed by atoms with Crippen molar-refractivity contribution in [1.29, 1.82) is 0 Å². The van der Waals surface area contributed by atoms with E-state index < -0.39 is 0 Å². The van der Waals surface area contributed by atoms with Crippen molar-refractivity contribution in [2.75, 3.05) is 39.8 Å². The van der Waals surface area contributed by atoms with Gasteiger partial charge in [0.1, 0.15) is 5.75 Å². The Morgan fingerprint density at radius 2 is 1.83 bits per heavy atom. The fraction of sp³-hybridized carbons (Fsp3) is 0.696. The number of benzene rings is 1. The highest BCUT2D eigenvalue weighted by Gasteiger charge is 2.20. The number of aliphatic imine (C=N–C) groups is 1. The van der Waals surface area contributed by atoms with Crippen molar-refractivity contribution in [3.05, 3.63) is 29.8 Å². The number of likely N-dealkylation sites (tertiary alicyclic amines) is 1. The average Bonchev–Trinajstić information content (AvgIpc) is 2.69. The zero-order chi connectivity index (χ0) is 20.4. The van der Waals surface area contributed by atoms with Gasteiger partial charge in [-0.05, 0) is 55.7 Å². The van der Waals surface area contributed by atoms with Crippen molar-refractivity contribution in [3.8, 4) is 5.75 Å². The summed E-state index contributed by atoms with van der Waals surface area (Å²) in [6.45, 7) is 14.3. The second kappa shape index (κ2) is 14.1. The maximum Gasteiger partial charge on any atom is 0.191 e. The first-order valence-electron chi connectivity index (χ1n) is 10.9. The second-order valence-corrected chi connectivity index (χ2v) is 8.34. The minimum absolute atomic E-state index is 0. The third-order valence-electron chi connectivity index (χ3n) is 5.41. The number of hydrogen-bond acceptors (Lipinski definition) is 3. The number of halogens is 1. The van der Waals surface area contributed by atoms with Crippen molar-refractivity contribution in [3.63, 3.8) is 0 Å². The molecule has 1 unspecified atom stereocenters. The molecule has 6 heteroatoms. The molecule has 1 saturated heterocycles. The Morgan fingerprint density at radius 1 is 1.17 bits per heavy atom. The van der Waals surface area contributed by atoms with Gasteiger partial charge < -0.3 is 20.3 Å². The lowest BCUT2D eigenvalue weighted by molar-refractivity contribution is 0.187. The third-order valence-corrected chi connectivity index (χ3v) is 5.41. The van der Waals surface area contributed by atoms with Gasteiger partial charge in [-0.3, -0.25) is 4.99 Å². The summed E-state index contributed by atoms with van der Waals surface area (Å²) in [6.07, 6.45) is 3.43. The average molecular weight is 517 g/mol. The van der Waals surface area contributed by atoms with E-state index in [1.54, 1.807) is 7.11 Å². The van der Waals surface area contributed by atoms with Crippen molar-refractivity contribution in [1.82, 2.24) is 15.5 Å². The SMILES string of the molecule is CCNC(=NCCC(C)c1ccc(OC)cc1)NC1CCN(CC(C)C)CC1.I. The summed E-state index contributed by atoms with van der Waals surface area (Å²) in [7, 11) is 1.70. The second-order valence-electron chi connectivity index (χ2n) is 8.34. The lowest BCUT2D eigenvalue weighted by Crippen LogP contribution is -2.49. The van der Waals surface area contributed by atoms with Crippen LogP contribution in [-0.2, 0) is 0 Å². The van der Waals surface area contributed by atoms with Crippen molar-refractivity contribution >= 4 is 29.9 Å². The number of piperidine rings is 1. The Labute approximate surface area is 195 Å². The molecule has 1 aromatic rings. The van der Waals surface area contributed by atoms with Crippen LogP contribution in [0.2, 0.25) is 0 Å². The fourth-order valence-electron chi connectivity index (χ4n) is 3.76. The number of methoxy groups -OCH3 is 1. The largest absolute Gasteiger partial charge is 0.497 e. The van der Waals surface area contributed by atoms with Crippen LogP contribution < -0.4 is 15.4 Å². The zero-order valence-electron chi connectivity index (χ0n) is 18.9. The van der Waals surface area contributed by atoms with E-state index in [-0.39, 0.29) is 24.0 Å². The van der Waals surface area contributed by atoms with Crippen LogP contribution in [0, 0.1) is 5.92 Å². The van der Waals surface area contributed by atoms with Gasteiger partial charge in [0.15, 0.2) is 5.96 Å². The molecule has 0 radical (unpaired) electrons. The summed E-state index contributed by atoms with van der Waals surface area (Å²) in [5.74, 6) is 3.10. The fourth-order valence-corrected chi connectivity index (χ4v) is 3.76. The van der Waals surface area contributed by atoms with E-state index in [9.17, 15) is 0 Å². The molecule has 2 rings (SSSR count). The molecule has 29 heavy (non-hydrogen) atoms. The Balaban J connectivity index is 0.00000420. The minimum atomic E-state index is 0. The minimum Gasteiger partial charge on any atom is -0.497 e. The number of ether oxygens (including phenoxy) is 1. The summed E-state index contributed by atoms with van der Waals surface area (Å²) >= 11 is 0. The highest BCUT2D eigenvalue weighted by molar-refractivity contribution is 14.0. The molecule has 1 atom stereocenters. The van der Waals surface area contributed by atoms with E-state index >= 15 is 0 Å². The molecule has 1 heterocycles. The van der Waals surface area contributed by atoms with Crippen LogP contribution in [-0.4, -0.2) is 56.7 Å². The first-order valence-corrected chi connectivity index (χ1v) is 10.9. The molecule has 166 valence electrons. The Bertz CT molecular complexity index is 583. The van der Waals surface area contributed by atoms with Gasteiger partial charge >= 0.3 is 0 Å². The van der Waals surface area contributed by atoms with E-state index in [0.29, 0.717) is 12.0 Å². The van der Waals surface area contributed by atoms with E-state index in [0.717, 1.165) is 37.1 Å². The molecule has 0 aromatic heterocycles. The lowest BCUT2D eigenvalue weighted by atomic mass is 9.98. The van der Waals surface area contributed by atoms with E-state index in [1.165, 1.54) is 38.0 Å². The smallest absolute Gasteiger partial charge is 0.191 e. The van der Waals surface area contributed by atoms with Gasteiger partial charge in [0, 0.05) is 38.8 Å². The van der Waals surface area contributed by atoms with Gasteiger partial charge in [0.2, 0.25) is 0 Å². The van der Waals surface area contributed by atoms with Gasteiger partial charge in [-0.15, -0.1) is 24.0 Å². The molecule has 2 N–H and O–H groups in total. The molecule has 1 aromatic carbocycles. The molecule has 0 aliphatic carbocycles. The van der Waals surface area contributed by atoms with E-state index in [1.807, 2.05) is 12.1 Å². The maximum absolute atomic E-state index is 5.24. The van der Waals surface area contributed by atoms with Crippen LogP contribution in [0.15, 0.2) is 29.3 Å². The zero-order valence-corrected chi connectivity index (χ0v) is 21.2. The van der Waals surface area contributed by atoms with Crippen LogP contribution in [0.1, 0.15) is 58.4 Å². The third kappa shape index (κ3) is 9.55. The number of nitrogens with zero attached hydrogens (tertiary/aromatic N) is 2. The van der Waals surface area contributed by atoms with E-state index in [4.69, 9.17) is 9.73 Å². The molecule has 1 fully saturated rings. The van der Waals surface area contributed by atoms with E-state index in [2.05, 4.69) is 55.4 Å². The van der Waals surface area contributed by atoms with Gasteiger partial charge in [-0.25, -0.2) is 0 Å². The first kappa shape index (κ1) is 26.0. The predicted octanol–water partition coefficient (Wildman–Crippen LogP) is 4.48. The summed E-state index contributed by atoms with van der Waals surface area (Å²) in [6, 6.07) is 8.90. The first-order chi connectivity index (χ1) is 13.5. The highest BCUT2D eigenvalue weighted by Crippen LogP contribution is 2.21. The Hall–Kier alpha value is -1.02. The quantitative estimate of drug-likeness (QED) is 0.289. The molecule has 0 amide bonds. The Kier molecular flexibility index (Phi) is 12.6. The standard InChI is InChI=1S/C23H40N4O.HI/c1-6-24-23(26-21-12-15-27(16-13-21)17-18(2)3)25-14-11-19(4)20-7-9-22(28-5)10-8-20;/h7-10,18-19,21H,6,11-17H2,1-5H3,(H2,24,25,26);1H. The van der Waals surface area contributed by atoms with Crippen molar-refractivity contribution in [2.45, 2.75) is 58.9 Å². The summed E-state index contributed by atoms with van der Waals surface area (Å²) in [4.78, 5) is 7.42.